The average Bonchev–Trinajstić information content (AvgIpc) is 2.89. The van der Waals surface area contributed by atoms with Crippen LogP contribution in [0.3, 0.4) is 0 Å². The summed E-state index contributed by atoms with van der Waals surface area (Å²) >= 11 is 0. The predicted octanol–water partition coefficient (Wildman–Crippen LogP) is 0.946. The number of rotatable bonds is 2. The second-order valence-corrected chi connectivity index (χ2v) is 4.00. The zero-order valence-electron chi connectivity index (χ0n) is 9.87. The molecule has 0 unspecified atom stereocenters. The highest BCUT2D eigenvalue weighted by atomic mass is 19.1. The zero-order valence-corrected chi connectivity index (χ0v) is 9.87. The van der Waals surface area contributed by atoms with E-state index in [9.17, 15) is 14.0 Å². The number of carboxylic acids is 1. The average molecular weight is 274 g/mol. The number of hydrogen-bond acceptors (Lipinski definition) is 4. The lowest BCUT2D eigenvalue weighted by atomic mass is 10.2. The van der Waals surface area contributed by atoms with Crippen LogP contribution in [0, 0.1) is 5.82 Å². The lowest BCUT2D eigenvalue weighted by Gasteiger charge is -2.02. The molecular weight excluding hydrogens is 267 g/mol. The van der Waals surface area contributed by atoms with Gasteiger partial charge in [-0.25, -0.2) is 18.9 Å². The van der Waals surface area contributed by atoms with Crippen molar-refractivity contribution in [1.82, 2.24) is 19.7 Å². The summed E-state index contributed by atoms with van der Waals surface area (Å²) in [6.07, 6.45) is 2.28. The first kappa shape index (κ1) is 12.0. The Balaban J connectivity index is 2.24. The number of carbonyl (C=O) groups is 1. The SMILES string of the molecule is O=C(O)c1cnn(-c2nc3c(F)cccc3c(=O)[nH]2)c1. The van der Waals surface area contributed by atoms with E-state index in [1.54, 1.807) is 0 Å². The molecule has 8 heteroatoms. The van der Waals surface area contributed by atoms with Crippen LogP contribution in [-0.4, -0.2) is 30.8 Å². The Bertz CT molecular complexity index is 884. The maximum absolute atomic E-state index is 13.7. The van der Waals surface area contributed by atoms with Crippen LogP contribution < -0.4 is 5.56 Å². The summed E-state index contributed by atoms with van der Waals surface area (Å²) in [4.78, 5) is 29.0. The third kappa shape index (κ3) is 1.83. The van der Waals surface area contributed by atoms with Crippen molar-refractivity contribution in [3.8, 4) is 5.95 Å². The smallest absolute Gasteiger partial charge is 0.338 e. The van der Waals surface area contributed by atoms with Crippen molar-refractivity contribution in [3.63, 3.8) is 0 Å². The van der Waals surface area contributed by atoms with Crippen molar-refractivity contribution in [2.24, 2.45) is 0 Å². The van der Waals surface area contributed by atoms with Gasteiger partial charge in [0.2, 0.25) is 5.95 Å². The molecule has 0 saturated heterocycles. The van der Waals surface area contributed by atoms with Crippen molar-refractivity contribution in [3.05, 3.63) is 52.3 Å². The maximum atomic E-state index is 13.7. The van der Waals surface area contributed by atoms with Crippen molar-refractivity contribution in [2.75, 3.05) is 0 Å². The highest BCUT2D eigenvalue weighted by Gasteiger charge is 2.12. The van der Waals surface area contributed by atoms with Gasteiger partial charge in [-0.05, 0) is 12.1 Å². The van der Waals surface area contributed by atoms with E-state index in [4.69, 9.17) is 5.11 Å². The van der Waals surface area contributed by atoms with E-state index in [-0.39, 0.29) is 22.4 Å². The summed E-state index contributed by atoms with van der Waals surface area (Å²) in [5, 5.41) is 12.7. The molecule has 0 spiro atoms. The number of aromatic nitrogens is 4. The van der Waals surface area contributed by atoms with E-state index in [1.165, 1.54) is 24.4 Å². The number of fused-ring (bicyclic) bond motifs is 1. The molecule has 0 atom stereocenters. The van der Waals surface area contributed by atoms with Crippen LogP contribution in [0.15, 0.2) is 35.4 Å². The first-order chi connectivity index (χ1) is 9.56. The second-order valence-electron chi connectivity index (χ2n) is 4.00. The predicted molar refractivity (Wildman–Crippen MR) is 66.4 cm³/mol. The topological polar surface area (TPSA) is 101 Å². The number of aromatic carboxylic acids is 1. The molecule has 0 saturated carbocycles. The lowest BCUT2D eigenvalue weighted by Crippen LogP contribution is -2.14. The van der Waals surface area contributed by atoms with Crippen LogP contribution >= 0.6 is 0 Å². The number of hydrogen-bond donors (Lipinski definition) is 2. The van der Waals surface area contributed by atoms with Crippen LogP contribution in [-0.2, 0) is 0 Å². The Kier molecular flexibility index (Phi) is 2.56. The van der Waals surface area contributed by atoms with E-state index in [1.807, 2.05) is 0 Å². The number of nitrogens with one attached hydrogen (secondary N) is 1. The zero-order chi connectivity index (χ0) is 14.3. The van der Waals surface area contributed by atoms with Crippen LogP contribution in [0.4, 0.5) is 4.39 Å². The first-order valence-corrected chi connectivity index (χ1v) is 5.53. The third-order valence-electron chi connectivity index (χ3n) is 2.72. The molecule has 0 amide bonds. The Labute approximate surface area is 110 Å². The number of nitrogens with zero attached hydrogens (tertiary/aromatic N) is 3. The molecule has 0 bridgehead atoms. The van der Waals surface area contributed by atoms with Crippen molar-refractivity contribution in [1.29, 1.82) is 0 Å². The minimum Gasteiger partial charge on any atom is -0.478 e. The van der Waals surface area contributed by atoms with E-state index in [0.717, 1.165) is 10.9 Å². The molecular formula is C12H7FN4O3. The molecule has 100 valence electrons. The Morgan fingerprint density at radius 3 is 2.90 bits per heavy atom. The number of carboxylic acid groups (broad SMARTS) is 1. The normalized spacial score (nSPS) is 10.8. The summed E-state index contributed by atoms with van der Waals surface area (Å²) in [7, 11) is 0. The number of benzene rings is 1. The maximum Gasteiger partial charge on any atom is 0.338 e. The lowest BCUT2D eigenvalue weighted by molar-refractivity contribution is 0.0697. The van der Waals surface area contributed by atoms with Gasteiger partial charge in [0.25, 0.3) is 5.56 Å². The van der Waals surface area contributed by atoms with Gasteiger partial charge in [-0.3, -0.25) is 9.78 Å². The molecule has 0 radical (unpaired) electrons. The van der Waals surface area contributed by atoms with Crippen LogP contribution in [0.5, 0.6) is 0 Å². The molecule has 0 aliphatic carbocycles. The van der Waals surface area contributed by atoms with Gasteiger partial charge in [-0.2, -0.15) is 5.10 Å². The Morgan fingerprint density at radius 1 is 1.40 bits per heavy atom. The van der Waals surface area contributed by atoms with Crippen molar-refractivity contribution in [2.45, 2.75) is 0 Å². The van der Waals surface area contributed by atoms with E-state index >= 15 is 0 Å². The highest BCUT2D eigenvalue weighted by Crippen LogP contribution is 2.12. The summed E-state index contributed by atoms with van der Waals surface area (Å²) in [6, 6.07) is 4.04. The van der Waals surface area contributed by atoms with Gasteiger partial charge in [-0.15, -0.1) is 0 Å². The fraction of sp³-hybridized carbons (Fsp3) is 0. The fourth-order valence-electron chi connectivity index (χ4n) is 1.77. The standard InChI is InChI=1S/C12H7FN4O3/c13-8-3-1-2-7-9(8)15-12(16-10(7)18)17-5-6(4-14-17)11(19)20/h1-5H,(H,19,20)(H,15,16,18). The molecule has 0 fully saturated rings. The number of aromatic amines is 1. The molecule has 2 N–H and O–H groups in total. The molecule has 7 nitrogen and oxygen atoms in total. The summed E-state index contributed by atoms with van der Waals surface area (Å²) in [5.74, 6) is -1.86. The number of H-pyrrole nitrogens is 1. The molecule has 2 heterocycles. The van der Waals surface area contributed by atoms with Crippen LogP contribution in [0.25, 0.3) is 16.9 Å². The van der Waals surface area contributed by atoms with Crippen LogP contribution in [0.2, 0.25) is 0 Å². The molecule has 20 heavy (non-hydrogen) atoms. The molecule has 0 aliphatic heterocycles. The summed E-state index contributed by atoms with van der Waals surface area (Å²) < 4.78 is 14.7. The van der Waals surface area contributed by atoms with Gasteiger partial charge in [0, 0.05) is 6.20 Å². The van der Waals surface area contributed by atoms with Crippen molar-refractivity contribution < 1.29 is 14.3 Å². The largest absolute Gasteiger partial charge is 0.478 e. The van der Waals surface area contributed by atoms with Gasteiger partial charge in [-0.1, -0.05) is 6.07 Å². The van der Waals surface area contributed by atoms with Crippen molar-refractivity contribution >= 4 is 16.9 Å². The summed E-state index contributed by atoms with van der Waals surface area (Å²) in [5.41, 5.74) is -0.697. The molecule has 0 aliphatic rings. The van der Waals surface area contributed by atoms with E-state index in [0.29, 0.717) is 0 Å². The summed E-state index contributed by atoms with van der Waals surface area (Å²) in [6.45, 7) is 0. The van der Waals surface area contributed by atoms with Gasteiger partial charge in [0.05, 0.1) is 17.1 Å². The van der Waals surface area contributed by atoms with Gasteiger partial charge in [0.15, 0.2) is 0 Å². The molecule has 3 rings (SSSR count). The highest BCUT2D eigenvalue weighted by molar-refractivity contribution is 5.87. The van der Waals surface area contributed by atoms with E-state index in [2.05, 4.69) is 15.1 Å². The molecule has 3 aromatic rings. The third-order valence-corrected chi connectivity index (χ3v) is 2.72. The van der Waals surface area contributed by atoms with Gasteiger partial charge in [0.1, 0.15) is 11.3 Å². The second kappa shape index (κ2) is 4.26. The van der Waals surface area contributed by atoms with Gasteiger partial charge >= 0.3 is 5.97 Å². The quantitative estimate of drug-likeness (QED) is 0.724. The monoisotopic (exact) mass is 274 g/mol. The Hall–Kier alpha value is -3.03. The number of para-hydroxylation sites is 1. The van der Waals surface area contributed by atoms with Crippen LogP contribution in [0.1, 0.15) is 10.4 Å². The van der Waals surface area contributed by atoms with Gasteiger partial charge < -0.3 is 5.11 Å². The molecule has 2 aromatic heterocycles. The van der Waals surface area contributed by atoms with E-state index < -0.39 is 17.3 Å². The minimum atomic E-state index is -1.16. The molecule has 1 aromatic carbocycles. The Morgan fingerprint density at radius 2 is 2.20 bits per heavy atom. The number of halogens is 1. The minimum absolute atomic E-state index is 0.0555. The first-order valence-electron chi connectivity index (χ1n) is 5.53. The fourth-order valence-corrected chi connectivity index (χ4v) is 1.77.